The zero-order valence-electron chi connectivity index (χ0n) is 20.9. The van der Waals surface area contributed by atoms with E-state index in [1.54, 1.807) is 23.7 Å². The Kier molecular flexibility index (Phi) is 8.62. The first kappa shape index (κ1) is 25.6. The number of aliphatic hydroxyl groups is 1. The lowest BCUT2D eigenvalue weighted by Crippen LogP contribution is -2.37. The van der Waals surface area contributed by atoms with Gasteiger partial charge in [0.05, 0.1) is 47.8 Å². The van der Waals surface area contributed by atoms with E-state index < -0.39 is 0 Å². The van der Waals surface area contributed by atoms with Gasteiger partial charge in [0, 0.05) is 56.0 Å². The van der Waals surface area contributed by atoms with Gasteiger partial charge in [0.15, 0.2) is 5.13 Å². The number of aliphatic imine (C=N–C) groups is 1. The highest BCUT2D eigenvalue weighted by atomic mass is 32.1. The van der Waals surface area contributed by atoms with Crippen LogP contribution in [0.2, 0.25) is 0 Å². The van der Waals surface area contributed by atoms with E-state index in [-0.39, 0.29) is 12.1 Å². The van der Waals surface area contributed by atoms with Crippen molar-refractivity contribution in [1.82, 2.24) is 14.9 Å². The summed E-state index contributed by atoms with van der Waals surface area (Å²) < 4.78 is 12.6. The molecule has 10 heteroatoms. The first-order valence-corrected chi connectivity index (χ1v) is 13.7. The number of hydrogen-bond donors (Lipinski definition) is 3. The zero-order valence-corrected chi connectivity index (χ0v) is 21.7. The molecule has 0 amide bonds. The Balaban J connectivity index is 1.21. The van der Waals surface area contributed by atoms with Gasteiger partial charge in [-0.1, -0.05) is 24.2 Å². The molecule has 0 radical (unpaired) electrons. The SMILES string of the molecule is NC=C(C=NCCN1CCOCC1)c1cc(Oc2ccc3nc(N[C@@H]4CCCC[C@H]4O)sc3c2)ccn1. The molecule has 3 aromatic rings. The smallest absolute Gasteiger partial charge is 0.184 e. The lowest BCUT2D eigenvalue weighted by molar-refractivity contribution is 0.0395. The Morgan fingerprint density at radius 1 is 1.22 bits per heavy atom. The lowest BCUT2D eigenvalue weighted by Gasteiger charge is -2.27. The molecule has 2 atom stereocenters. The summed E-state index contributed by atoms with van der Waals surface area (Å²) in [6, 6.07) is 9.60. The first-order chi connectivity index (χ1) is 18.2. The monoisotopic (exact) mass is 522 g/mol. The third-order valence-corrected chi connectivity index (χ3v) is 7.67. The second-order valence-electron chi connectivity index (χ2n) is 9.34. The van der Waals surface area contributed by atoms with Crippen LogP contribution in [0.5, 0.6) is 11.5 Å². The molecule has 0 unspecified atom stereocenters. The number of aromatic nitrogens is 2. The topological polar surface area (TPSA) is 118 Å². The first-order valence-electron chi connectivity index (χ1n) is 12.9. The third kappa shape index (κ3) is 6.84. The second kappa shape index (κ2) is 12.5. The molecule has 1 aromatic carbocycles. The van der Waals surface area contributed by atoms with Crippen molar-refractivity contribution in [3.8, 4) is 11.5 Å². The predicted octanol–water partition coefficient (Wildman–Crippen LogP) is 3.90. The van der Waals surface area contributed by atoms with E-state index >= 15 is 0 Å². The number of nitrogens with zero attached hydrogens (tertiary/aromatic N) is 4. The molecule has 0 spiro atoms. The summed E-state index contributed by atoms with van der Waals surface area (Å²) >= 11 is 1.57. The number of nitrogens with two attached hydrogens (primary N) is 1. The zero-order chi connectivity index (χ0) is 25.5. The van der Waals surface area contributed by atoms with Crippen LogP contribution in [-0.4, -0.2) is 77.7 Å². The third-order valence-electron chi connectivity index (χ3n) is 6.72. The Morgan fingerprint density at radius 2 is 2.05 bits per heavy atom. The molecule has 4 N–H and O–H groups in total. The van der Waals surface area contributed by atoms with Crippen molar-refractivity contribution in [3.63, 3.8) is 0 Å². The molecule has 9 nitrogen and oxygen atoms in total. The van der Waals surface area contributed by atoms with Crippen molar-refractivity contribution >= 4 is 38.5 Å². The second-order valence-corrected chi connectivity index (χ2v) is 10.4. The number of anilines is 1. The van der Waals surface area contributed by atoms with Gasteiger partial charge in [-0.3, -0.25) is 14.9 Å². The number of ether oxygens (including phenoxy) is 2. The Morgan fingerprint density at radius 3 is 2.89 bits per heavy atom. The molecule has 1 saturated heterocycles. The molecule has 2 aromatic heterocycles. The maximum Gasteiger partial charge on any atom is 0.184 e. The van der Waals surface area contributed by atoms with Crippen LogP contribution in [0.4, 0.5) is 5.13 Å². The highest BCUT2D eigenvalue weighted by Gasteiger charge is 2.23. The molecule has 196 valence electrons. The summed E-state index contributed by atoms with van der Waals surface area (Å²) in [5, 5.41) is 14.5. The molecule has 5 rings (SSSR count). The number of hydrogen-bond acceptors (Lipinski definition) is 10. The van der Waals surface area contributed by atoms with E-state index in [0.717, 1.165) is 85.2 Å². The van der Waals surface area contributed by atoms with Crippen molar-refractivity contribution in [1.29, 1.82) is 0 Å². The summed E-state index contributed by atoms with van der Waals surface area (Å²) in [5.74, 6) is 1.38. The molecule has 1 aliphatic heterocycles. The number of nitrogens with one attached hydrogen (secondary N) is 1. The minimum Gasteiger partial charge on any atom is -0.457 e. The molecule has 0 bridgehead atoms. The van der Waals surface area contributed by atoms with Crippen molar-refractivity contribution in [2.45, 2.75) is 37.8 Å². The average molecular weight is 523 g/mol. The highest BCUT2D eigenvalue weighted by Crippen LogP contribution is 2.33. The van der Waals surface area contributed by atoms with Crippen molar-refractivity contribution in [3.05, 3.63) is 48.4 Å². The Bertz CT molecular complexity index is 1240. The van der Waals surface area contributed by atoms with E-state index in [4.69, 9.17) is 15.2 Å². The fourth-order valence-corrected chi connectivity index (χ4v) is 5.57. The molecule has 2 fully saturated rings. The number of thiazole rings is 1. The van der Waals surface area contributed by atoms with E-state index in [9.17, 15) is 5.11 Å². The number of aliphatic hydroxyl groups excluding tert-OH is 1. The summed E-state index contributed by atoms with van der Waals surface area (Å²) in [7, 11) is 0. The fraction of sp³-hybridized carbons (Fsp3) is 0.444. The Hall–Kier alpha value is -3.05. The molecule has 1 saturated carbocycles. The number of pyridine rings is 1. The van der Waals surface area contributed by atoms with Crippen LogP contribution >= 0.6 is 11.3 Å². The molecular weight excluding hydrogens is 488 g/mol. The minimum absolute atomic E-state index is 0.0629. The Labute approximate surface area is 221 Å². The maximum atomic E-state index is 10.3. The summed E-state index contributed by atoms with van der Waals surface area (Å²) in [6.45, 7) is 5.06. The largest absolute Gasteiger partial charge is 0.457 e. The number of fused-ring (bicyclic) bond motifs is 1. The van der Waals surface area contributed by atoms with Gasteiger partial charge >= 0.3 is 0 Å². The molecular formula is C27H34N6O3S. The standard InChI is InChI=1S/C27H34N6O3S/c28-17-19(18-29-9-10-33-11-13-35-14-12-33)24-15-21(7-8-30-24)36-20-5-6-23-26(16-20)37-27(32-23)31-22-3-1-2-4-25(22)34/h5-8,15-18,22,25,34H,1-4,9-14,28H2,(H,31,32)/t22-,25-/m1/s1. The normalized spacial score (nSPS) is 21.5. The van der Waals surface area contributed by atoms with Gasteiger partial charge in [-0.15, -0.1) is 0 Å². The van der Waals surface area contributed by atoms with Gasteiger partial charge in [0.1, 0.15) is 11.5 Å². The van der Waals surface area contributed by atoms with Crippen molar-refractivity contribution < 1.29 is 14.6 Å². The molecule has 2 aliphatic rings. The van der Waals surface area contributed by atoms with Crippen LogP contribution in [0.15, 0.2) is 47.7 Å². The maximum absolute atomic E-state index is 10.3. The van der Waals surface area contributed by atoms with Gasteiger partial charge < -0.3 is 25.6 Å². The number of rotatable bonds is 9. The summed E-state index contributed by atoms with van der Waals surface area (Å²) in [6.07, 6.45) is 8.71. The van der Waals surface area contributed by atoms with Gasteiger partial charge in [-0.25, -0.2) is 4.98 Å². The number of morpholine rings is 1. The van der Waals surface area contributed by atoms with Crippen LogP contribution in [0.25, 0.3) is 15.8 Å². The average Bonchev–Trinajstić information content (AvgIpc) is 3.32. The number of allylic oxidation sites excluding steroid dienone is 1. The van der Waals surface area contributed by atoms with E-state index in [0.29, 0.717) is 18.0 Å². The lowest BCUT2D eigenvalue weighted by atomic mass is 9.93. The van der Waals surface area contributed by atoms with Crippen LogP contribution in [0.3, 0.4) is 0 Å². The quantitative estimate of drug-likeness (QED) is 0.362. The van der Waals surface area contributed by atoms with E-state index in [1.165, 1.54) is 6.20 Å². The molecule has 1 aliphatic carbocycles. The van der Waals surface area contributed by atoms with Crippen molar-refractivity contribution in [2.24, 2.45) is 10.7 Å². The molecule has 37 heavy (non-hydrogen) atoms. The van der Waals surface area contributed by atoms with Crippen molar-refractivity contribution in [2.75, 3.05) is 44.7 Å². The van der Waals surface area contributed by atoms with Gasteiger partial charge in [-0.05, 0) is 31.0 Å². The predicted molar refractivity (Wildman–Crippen MR) is 149 cm³/mol. The van der Waals surface area contributed by atoms with Crippen LogP contribution < -0.4 is 15.8 Å². The van der Waals surface area contributed by atoms with E-state index in [2.05, 4.69) is 25.2 Å². The number of benzene rings is 1. The minimum atomic E-state index is -0.317. The summed E-state index contributed by atoms with van der Waals surface area (Å²) in [5.41, 5.74) is 8.23. The van der Waals surface area contributed by atoms with Gasteiger partial charge in [0.25, 0.3) is 0 Å². The van der Waals surface area contributed by atoms with E-state index in [1.807, 2.05) is 30.3 Å². The van der Waals surface area contributed by atoms with Crippen LogP contribution in [0.1, 0.15) is 31.4 Å². The highest BCUT2D eigenvalue weighted by molar-refractivity contribution is 7.22. The molecule has 3 heterocycles. The van der Waals surface area contributed by atoms with Crippen LogP contribution in [-0.2, 0) is 4.74 Å². The van der Waals surface area contributed by atoms with Gasteiger partial charge in [0.2, 0.25) is 0 Å². The van der Waals surface area contributed by atoms with Crippen LogP contribution in [0, 0.1) is 0 Å². The fourth-order valence-electron chi connectivity index (χ4n) is 4.62. The summed E-state index contributed by atoms with van der Waals surface area (Å²) in [4.78, 5) is 16.0. The van der Waals surface area contributed by atoms with Gasteiger partial charge in [-0.2, -0.15) is 0 Å².